The van der Waals surface area contributed by atoms with Gasteiger partial charge in [0.2, 0.25) is 0 Å². The smallest absolute Gasteiger partial charge is 0.138 e. The minimum atomic E-state index is 0.625. The summed E-state index contributed by atoms with van der Waals surface area (Å²) in [6, 6.07) is 5.72. The highest BCUT2D eigenvalue weighted by Crippen LogP contribution is 2.23. The van der Waals surface area contributed by atoms with Crippen molar-refractivity contribution in [3.8, 4) is 11.5 Å². The molecule has 0 unspecified atom stereocenters. The van der Waals surface area contributed by atoms with Crippen LogP contribution in [0.4, 0.5) is 0 Å². The Morgan fingerprint density at radius 3 is 2.78 bits per heavy atom. The molecule has 0 saturated heterocycles. The molecule has 0 saturated carbocycles. The number of methoxy groups -OCH3 is 2. The van der Waals surface area contributed by atoms with Gasteiger partial charge in [-0.2, -0.15) is 5.10 Å². The largest absolute Gasteiger partial charge is 0.497 e. The first-order chi connectivity index (χ1) is 8.83. The quantitative estimate of drug-likeness (QED) is 0.801. The number of benzene rings is 1. The van der Waals surface area contributed by atoms with Gasteiger partial charge in [-0.3, -0.25) is 5.10 Å². The average molecular weight is 248 g/mol. The summed E-state index contributed by atoms with van der Waals surface area (Å²) in [6.45, 7) is 1.29. The maximum Gasteiger partial charge on any atom is 0.138 e. The van der Waals surface area contributed by atoms with Crippen molar-refractivity contribution in [1.29, 1.82) is 0 Å². The van der Waals surface area contributed by atoms with Gasteiger partial charge in [0.1, 0.15) is 23.7 Å². The van der Waals surface area contributed by atoms with Gasteiger partial charge in [-0.1, -0.05) is 0 Å². The summed E-state index contributed by atoms with van der Waals surface area (Å²) in [4.78, 5) is 4.04. The zero-order valence-corrected chi connectivity index (χ0v) is 10.4. The minimum Gasteiger partial charge on any atom is -0.497 e. The van der Waals surface area contributed by atoms with Crippen LogP contribution in [0.25, 0.3) is 0 Å². The Labute approximate surface area is 105 Å². The third-order valence-corrected chi connectivity index (χ3v) is 2.56. The number of rotatable bonds is 6. The Balaban J connectivity index is 1.98. The maximum atomic E-state index is 5.30. The monoisotopic (exact) mass is 248 g/mol. The summed E-state index contributed by atoms with van der Waals surface area (Å²) in [5, 5.41) is 9.84. The Bertz CT molecular complexity index is 485. The van der Waals surface area contributed by atoms with Crippen molar-refractivity contribution in [2.75, 3.05) is 14.2 Å². The summed E-state index contributed by atoms with van der Waals surface area (Å²) in [7, 11) is 3.30. The van der Waals surface area contributed by atoms with Crippen LogP contribution in [-0.2, 0) is 13.1 Å². The van der Waals surface area contributed by atoms with Crippen molar-refractivity contribution in [2.24, 2.45) is 0 Å². The van der Waals surface area contributed by atoms with E-state index in [4.69, 9.17) is 9.47 Å². The standard InChI is InChI=1S/C12H16N4O2/c1-17-10-3-4-11(18-2)9(5-10)6-13-7-12-14-8-15-16-12/h3-5,8,13H,6-7H2,1-2H3,(H,14,15,16). The second-order valence-corrected chi connectivity index (χ2v) is 3.71. The van der Waals surface area contributed by atoms with Crippen molar-refractivity contribution in [3.05, 3.63) is 35.9 Å². The molecule has 1 aromatic carbocycles. The molecule has 0 atom stereocenters. The molecule has 2 aromatic rings. The van der Waals surface area contributed by atoms with Gasteiger partial charge >= 0.3 is 0 Å². The van der Waals surface area contributed by atoms with E-state index in [9.17, 15) is 0 Å². The summed E-state index contributed by atoms with van der Waals surface area (Å²) >= 11 is 0. The summed E-state index contributed by atoms with van der Waals surface area (Å²) in [6.07, 6.45) is 1.49. The Kier molecular flexibility index (Phi) is 4.14. The van der Waals surface area contributed by atoms with Crippen molar-refractivity contribution in [3.63, 3.8) is 0 Å². The van der Waals surface area contributed by atoms with Crippen LogP contribution in [0.2, 0.25) is 0 Å². The van der Waals surface area contributed by atoms with Gasteiger partial charge in [0, 0.05) is 12.1 Å². The van der Waals surface area contributed by atoms with E-state index in [1.54, 1.807) is 14.2 Å². The predicted molar refractivity (Wildman–Crippen MR) is 66.5 cm³/mol. The Hall–Kier alpha value is -2.08. The molecule has 1 heterocycles. The van der Waals surface area contributed by atoms with Crippen LogP contribution in [0.1, 0.15) is 11.4 Å². The molecule has 18 heavy (non-hydrogen) atoms. The first kappa shape index (κ1) is 12.4. The normalized spacial score (nSPS) is 10.3. The van der Waals surface area contributed by atoms with E-state index in [1.807, 2.05) is 18.2 Å². The third-order valence-electron chi connectivity index (χ3n) is 2.56. The molecule has 0 radical (unpaired) electrons. The van der Waals surface area contributed by atoms with Gasteiger partial charge < -0.3 is 14.8 Å². The number of aromatic nitrogens is 3. The maximum absolute atomic E-state index is 5.30. The molecule has 2 rings (SSSR count). The number of H-pyrrole nitrogens is 1. The van der Waals surface area contributed by atoms with Crippen LogP contribution < -0.4 is 14.8 Å². The SMILES string of the molecule is COc1ccc(OC)c(CNCc2ncn[nH]2)c1. The molecule has 6 heteroatoms. The number of aromatic amines is 1. The van der Waals surface area contributed by atoms with Gasteiger partial charge in [0.25, 0.3) is 0 Å². The topological polar surface area (TPSA) is 72.1 Å². The van der Waals surface area contributed by atoms with Crippen LogP contribution >= 0.6 is 0 Å². The zero-order valence-electron chi connectivity index (χ0n) is 10.4. The van der Waals surface area contributed by atoms with Crippen LogP contribution in [-0.4, -0.2) is 29.4 Å². The summed E-state index contributed by atoms with van der Waals surface area (Å²) in [5.74, 6) is 2.45. The lowest BCUT2D eigenvalue weighted by molar-refractivity contribution is 0.397. The molecule has 0 aliphatic heterocycles. The van der Waals surface area contributed by atoms with E-state index in [0.717, 1.165) is 22.9 Å². The second kappa shape index (κ2) is 6.02. The van der Waals surface area contributed by atoms with Gasteiger partial charge in [-0.25, -0.2) is 4.98 Å². The molecule has 0 bridgehead atoms. The minimum absolute atomic E-state index is 0.625. The summed E-state index contributed by atoms with van der Waals surface area (Å²) < 4.78 is 10.5. The molecule has 6 nitrogen and oxygen atoms in total. The number of hydrogen-bond donors (Lipinski definition) is 2. The van der Waals surface area contributed by atoms with E-state index >= 15 is 0 Å². The fourth-order valence-corrected chi connectivity index (χ4v) is 1.65. The molecule has 1 aromatic heterocycles. The highest BCUT2D eigenvalue weighted by molar-refractivity contribution is 5.40. The molecule has 0 fully saturated rings. The first-order valence-electron chi connectivity index (χ1n) is 5.59. The molecule has 2 N–H and O–H groups in total. The highest BCUT2D eigenvalue weighted by atomic mass is 16.5. The van der Waals surface area contributed by atoms with E-state index in [2.05, 4.69) is 20.5 Å². The van der Waals surface area contributed by atoms with E-state index in [0.29, 0.717) is 13.1 Å². The van der Waals surface area contributed by atoms with Gasteiger partial charge in [-0.05, 0) is 18.2 Å². The van der Waals surface area contributed by atoms with Gasteiger partial charge in [-0.15, -0.1) is 0 Å². The fraction of sp³-hybridized carbons (Fsp3) is 0.333. The van der Waals surface area contributed by atoms with Crippen molar-refractivity contribution >= 4 is 0 Å². The third kappa shape index (κ3) is 2.98. The number of nitrogens with zero attached hydrogens (tertiary/aromatic N) is 2. The molecule has 96 valence electrons. The van der Waals surface area contributed by atoms with Crippen LogP contribution in [0.15, 0.2) is 24.5 Å². The number of ether oxygens (including phenoxy) is 2. The van der Waals surface area contributed by atoms with E-state index < -0.39 is 0 Å². The second-order valence-electron chi connectivity index (χ2n) is 3.71. The lowest BCUT2D eigenvalue weighted by atomic mass is 10.2. The molecule has 0 amide bonds. The summed E-state index contributed by atoms with van der Waals surface area (Å²) in [5.41, 5.74) is 1.04. The van der Waals surface area contributed by atoms with Crippen molar-refractivity contribution < 1.29 is 9.47 Å². The lowest BCUT2D eigenvalue weighted by Gasteiger charge is -2.10. The first-order valence-corrected chi connectivity index (χ1v) is 5.59. The van der Waals surface area contributed by atoms with Gasteiger partial charge in [0.15, 0.2) is 0 Å². The predicted octanol–water partition coefficient (Wildman–Crippen LogP) is 1.11. The molecule has 0 spiro atoms. The zero-order chi connectivity index (χ0) is 12.8. The van der Waals surface area contributed by atoms with E-state index in [-0.39, 0.29) is 0 Å². The molecular formula is C12H16N4O2. The molecular weight excluding hydrogens is 232 g/mol. The molecule has 0 aliphatic rings. The van der Waals surface area contributed by atoms with Crippen LogP contribution in [0.5, 0.6) is 11.5 Å². The van der Waals surface area contributed by atoms with Gasteiger partial charge in [0.05, 0.1) is 20.8 Å². The number of hydrogen-bond acceptors (Lipinski definition) is 5. The Morgan fingerprint density at radius 1 is 1.22 bits per heavy atom. The Morgan fingerprint density at radius 2 is 2.11 bits per heavy atom. The number of nitrogens with one attached hydrogen (secondary N) is 2. The van der Waals surface area contributed by atoms with Crippen LogP contribution in [0, 0.1) is 0 Å². The van der Waals surface area contributed by atoms with Crippen LogP contribution in [0.3, 0.4) is 0 Å². The highest BCUT2D eigenvalue weighted by Gasteiger charge is 2.05. The fourth-order valence-electron chi connectivity index (χ4n) is 1.65. The van der Waals surface area contributed by atoms with Crippen molar-refractivity contribution in [1.82, 2.24) is 20.5 Å². The van der Waals surface area contributed by atoms with E-state index in [1.165, 1.54) is 6.33 Å². The average Bonchev–Trinajstić information content (AvgIpc) is 2.92. The molecule has 0 aliphatic carbocycles. The van der Waals surface area contributed by atoms with Crippen molar-refractivity contribution in [2.45, 2.75) is 13.1 Å². The lowest BCUT2D eigenvalue weighted by Crippen LogP contribution is -2.14.